The Kier molecular flexibility index (Phi) is 8.24. The van der Waals surface area contributed by atoms with Crippen molar-refractivity contribution in [2.24, 2.45) is 0 Å². The maximum atomic E-state index is 2.45. The molecule has 0 N–H and O–H groups in total. The Morgan fingerprint density at radius 2 is 0.727 bits per heavy atom. The van der Waals surface area contributed by atoms with Gasteiger partial charge >= 0.3 is 0 Å². The third-order valence-electron chi connectivity index (χ3n) is 10.8. The van der Waals surface area contributed by atoms with Gasteiger partial charge in [0.05, 0.1) is 5.69 Å². The quantitative estimate of drug-likeness (QED) is 0.160. The summed E-state index contributed by atoms with van der Waals surface area (Å²) in [6.45, 7) is 0. The highest BCUT2D eigenvalue weighted by Gasteiger charge is 2.23. The van der Waals surface area contributed by atoms with Gasteiger partial charge in [-0.05, 0) is 108 Å². The Bertz CT molecular complexity index is 2950. The van der Waals surface area contributed by atoms with Crippen LogP contribution >= 0.6 is 0 Å². The summed E-state index contributed by atoms with van der Waals surface area (Å²) in [6, 6.07) is 81.6. The van der Waals surface area contributed by atoms with Crippen molar-refractivity contribution >= 4 is 49.4 Å². The Morgan fingerprint density at radius 3 is 1.44 bits per heavy atom. The molecule has 0 aliphatic rings. The summed E-state index contributed by atoms with van der Waals surface area (Å²) < 4.78 is 0. The van der Waals surface area contributed by atoms with Gasteiger partial charge in [-0.2, -0.15) is 0 Å². The summed E-state index contributed by atoms with van der Waals surface area (Å²) in [5.74, 6) is 0. The third-order valence-corrected chi connectivity index (χ3v) is 10.8. The highest BCUT2D eigenvalue weighted by molar-refractivity contribution is 6.10. The van der Waals surface area contributed by atoms with Gasteiger partial charge in [-0.1, -0.05) is 188 Å². The molecule has 1 nitrogen and oxygen atoms in total. The molecule has 0 unspecified atom stereocenters. The predicted molar refractivity (Wildman–Crippen MR) is 235 cm³/mol. The second-order valence-electron chi connectivity index (χ2n) is 14.1. The van der Waals surface area contributed by atoms with Crippen LogP contribution in [0.2, 0.25) is 0 Å². The molecule has 10 aromatic rings. The van der Waals surface area contributed by atoms with Crippen LogP contribution in [0.15, 0.2) is 224 Å². The van der Waals surface area contributed by atoms with Crippen LogP contribution in [0.4, 0.5) is 17.1 Å². The Labute approximate surface area is 322 Å². The highest BCUT2D eigenvalue weighted by Crippen LogP contribution is 2.48. The van der Waals surface area contributed by atoms with E-state index < -0.39 is 0 Å². The second-order valence-corrected chi connectivity index (χ2v) is 14.1. The molecule has 258 valence electrons. The Morgan fingerprint density at radius 1 is 0.255 bits per heavy atom. The van der Waals surface area contributed by atoms with E-state index in [1.165, 1.54) is 76.8 Å². The summed E-state index contributed by atoms with van der Waals surface area (Å²) >= 11 is 0. The van der Waals surface area contributed by atoms with Crippen molar-refractivity contribution in [1.82, 2.24) is 0 Å². The maximum Gasteiger partial charge on any atom is 0.0546 e. The summed E-state index contributed by atoms with van der Waals surface area (Å²) in [7, 11) is 0. The van der Waals surface area contributed by atoms with E-state index in [2.05, 4.69) is 229 Å². The van der Waals surface area contributed by atoms with Crippen LogP contribution < -0.4 is 4.90 Å². The minimum absolute atomic E-state index is 1.09. The van der Waals surface area contributed by atoms with E-state index >= 15 is 0 Å². The average molecular weight is 700 g/mol. The van der Waals surface area contributed by atoms with Crippen molar-refractivity contribution in [2.75, 3.05) is 4.90 Å². The fraction of sp³-hybridized carbons (Fsp3) is 0. The normalized spacial score (nSPS) is 11.3. The van der Waals surface area contributed by atoms with Gasteiger partial charge in [0, 0.05) is 16.9 Å². The largest absolute Gasteiger partial charge is 0.310 e. The van der Waals surface area contributed by atoms with Gasteiger partial charge in [0.1, 0.15) is 0 Å². The Balaban J connectivity index is 1.24. The monoisotopic (exact) mass is 699 g/mol. The van der Waals surface area contributed by atoms with Crippen LogP contribution in [0.25, 0.3) is 76.8 Å². The molecule has 1 heteroatoms. The maximum absolute atomic E-state index is 2.45. The number of hydrogen-bond acceptors (Lipinski definition) is 1. The molecule has 0 fully saturated rings. The standard InChI is InChI=1S/C54H37N/c1-3-14-38(15-4-1)40-30-33-46(34-31-40)55(47-35-32-44-36-43(28-29-45(44)37-47)39-16-5-2-6-17-39)53-27-13-26-52(50-24-11-20-41-18-7-9-22-48(41)50)54(53)51-25-12-21-42-19-8-10-23-49(42)51/h1-37H. The molecular weight excluding hydrogens is 663 g/mol. The number of hydrogen-bond donors (Lipinski definition) is 0. The van der Waals surface area contributed by atoms with E-state index in [1.807, 2.05) is 0 Å². The number of benzene rings is 10. The van der Waals surface area contributed by atoms with Gasteiger partial charge < -0.3 is 4.90 Å². The lowest BCUT2D eigenvalue weighted by Gasteiger charge is -2.30. The lowest BCUT2D eigenvalue weighted by Crippen LogP contribution is -2.12. The van der Waals surface area contributed by atoms with Crippen LogP contribution in [0.5, 0.6) is 0 Å². The van der Waals surface area contributed by atoms with Crippen molar-refractivity contribution < 1.29 is 0 Å². The number of nitrogens with zero attached hydrogens (tertiary/aromatic N) is 1. The van der Waals surface area contributed by atoms with E-state index in [0.717, 1.165) is 17.1 Å². The topological polar surface area (TPSA) is 3.24 Å². The highest BCUT2D eigenvalue weighted by atomic mass is 15.1. The molecule has 0 atom stereocenters. The van der Waals surface area contributed by atoms with Crippen LogP contribution in [0, 0.1) is 0 Å². The van der Waals surface area contributed by atoms with Crippen molar-refractivity contribution in [3.63, 3.8) is 0 Å². The summed E-state index contributed by atoms with van der Waals surface area (Å²) in [5, 5.41) is 7.32. The minimum atomic E-state index is 1.09. The van der Waals surface area contributed by atoms with Gasteiger partial charge in [0.2, 0.25) is 0 Å². The smallest absolute Gasteiger partial charge is 0.0546 e. The second kappa shape index (κ2) is 14.0. The van der Waals surface area contributed by atoms with Crippen LogP contribution in [-0.4, -0.2) is 0 Å². The first-order chi connectivity index (χ1) is 27.3. The number of fused-ring (bicyclic) bond motifs is 3. The zero-order valence-electron chi connectivity index (χ0n) is 30.3. The van der Waals surface area contributed by atoms with Crippen LogP contribution in [-0.2, 0) is 0 Å². The van der Waals surface area contributed by atoms with E-state index in [-0.39, 0.29) is 0 Å². The first-order valence-electron chi connectivity index (χ1n) is 18.9. The van der Waals surface area contributed by atoms with E-state index in [4.69, 9.17) is 0 Å². The van der Waals surface area contributed by atoms with Gasteiger partial charge in [0.25, 0.3) is 0 Å². The van der Waals surface area contributed by atoms with Crippen molar-refractivity contribution in [3.05, 3.63) is 224 Å². The molecule has 0 aliphatic carbocycles. The van der Waals surface area contributed by atoms with Gasteiger partial charge in [-0.3, -0.25) is 0 Å². The molecular formula is C54H37N. The molecule has 0 aliphatic heterocycles. The number of anilines is 3. The molecule has 0 spiro atoms. The fourth-order valence-electron chi connectivity index (χ4n) is 8.18. The van der Waals surface area contributed by atoms with Gasteiger partial charge in [-0.15, -0.1) is 0 Å². The van der Waals surface area contributed by atoms with Gasteiger partial charge in [0.15, 0.2) is 0 Å². The minimum Gasteiger partial charge on any atom is -0.310 e. The van der Waals surface area contributed by atoms with E-state index in [9.17, 15) is 0 Å². The third kappa shape index (κ3) is 6.02. The van der Waals surface area contributed by atoms with Gasteiger partial charge in [-0.25, -0.2) is 0 Å². The predicted octanol–water partition coefficient (Wildman–Crippen LogP) is 15.3. The molecule has 0 radical (unpaired) electrons. The van der Waals surface area contributed by atoms with Crippen molar-refractivity contribution in [3.8, 4) is 44.5 Å². The zero-order chi connectivity index (χ0) is 36.6. The molecule has 10 aromatic carbocycles. The average Bonchev–Trinajstić information content (AvgIpc) is 3.27. The molecule has 10 rings (SSSR count). The molecule has 0 heterocycles. The molecule has 0 saturated heterocycles. The summed E-state index contributed by atoms with van der Waals surface area (Å²) in [5.41, 5.74) is 13.0. The first kappa shape index (κ1) is 32.4. The zero-order valence-corrected chi connectivity index (χ0v) is 30.3. The summed E-state index contributed by atoms with van der Waals surface area (Å²) in [6.07, 6.45) is 0. The molecule has 0 bridgehead atoms. The molecule has 0 amide bonds. The van der Waals surface area contributed by atoms with Crippen molar-refractivity contribution in [1.29, 1.82) is 0 Å². The van der Waals surface area contributed by atoms with Crippen molar-refractivity contribution in [2.45, 2.75) is 0 Å². The molecule has 0 aromatic heterocycles. The van der Waals surface area contributed by atoms with E-state index in [1.54, 1.807) is 0 Å². The lowest BCUT2D eigenvalue weighted by atomic mass is 9.87. The van der Waals surface area contributed by atoms with Crippen LogP contribution in [0.1, 0.15) is 0 Å². The molecule has 55 heavy (non-hydrogen) atoms. The molecule has 0 saturated carbocycles. The Hall–Kier alpha value is -7.22. The van der Waals surface area contributed by atoms with E-state index in [0.29, 0.717) is 0 Å². The van der Waals surface area contributed by atoms with Crippen LogP contribution in [0.3, 0.4) is 0 Å². The summed E-state index contributed by atoms with van der Waals surface area (Å²) in [4.78, 5) is 2.45. The first-order valence-corrected chi connectivity index (χ1v) is 18.9. The number of rotatable bonds is 7. The SMILES string of the molecule is c1ccc(-c2ccc(N(c3ccc4cc(-c5ccccc5)ccc4c3)c3cccc(-c4cccc5ccccc45)c3-c3cccc4ccccc34)cc2)cc1. The lowest BCUT2D eigenvalue weighted by molar-refractivity contribution is 1.29. The fourth-order valence-corrected chi connectivity index (χ4v) is 8.18.